The second kappa shape index (κ2) is 11.0. The van der Waals surface area contributed by atoms with Gasteiger partial charge >= 0.3 is 29.6 Å². The largest absolute Gasteiger partial charge is 1.00 e. The molecule has 0 aromatic heterocycles. The van der Waals surface area contributed by atoms with Gasteiger partial charge in [0.25, 0.3) is 11.8 Å². The van der Waals surface area contributed by atoms with Crippen molar-refractivity contribution in [3.8, 4) is 24.7 Å². The van der Waals surface area contributed by atoms with Crippen LogP contribution in [0.2, 0.25) is 0 Å². The third kappa shape index (κ3) is 6.10. The smallest absolute Gasteiger partial charge is 0.545 e. The van der Waals surface area contributed by atoms with Crippen molar-refractivity contribution < 1.29 is 49.0 Å². The van der Waals surface area contributed by atoms with Gasteiger partial charge in [-0.3, -0.25) is 9.59 Å². The summed E-state index contributed by atoms with van der Waals surface area (Å²) < 4.78 is 0. The Morgan fingerprint density at radius 1 is 0.688 bits per heavy atom. The topological polar surface area (TPSA) is 98.3 Å². The molecule has 0 aliphatic rings. The average Bonchev–Trinajstić information content (AvgIpc) is 2.78. The summed E-state index contributed by atoms with van der Waals surface area (Å²) in [7, 11) is 0. The molecule has 0 saturated heterocycles. The van der Waals surface area contributed by atoms with Gasteiger partial charge in [-0.2, -0.15) is 0 Å². The van der Waals surface area contributed by atoms with Gasteiger partial charge in [-0.15, -0.1) is 12.8 Å². The molecule has 0 fully saturated rings. The van der Waals surface area contributed by atoms with Gasteiger partial charge in [0.15, 0.2) is 0 Å². The summed E-state index contributed by atoms with van der Waals surface area (Å²) in [5.41, 5.74) is 1.74. The van der Waals surface area contributed by atoms with Crippen molar-refractivity contribution in [2.75, 3.05) is 10.6 Å². The van der Waals surface area contributed by atoms with Crippen LogP contribution in [0.4, 0.5) is 11.4 Å². The molecule has 0 heterocycles. The summed E-state index contributed by atoms with van der Waals surface area (Å²) in [6, 6.07) is 16.7. The summed E-state index contributed by atoms with van der Waals surface area (Å²) in [6.07, 6.45) is 10.7. The summed E-state index contributed by atoms with van der Waals surface area (Å²) in [6.45, 7) is 0. The molecule has 32 heavy (non-hydrogen) atoms. The number of carbonyl (C=O) groups excluding carboxylic acids is 3. The molecule has 0 bridgehead atoms. The van der Waals surface area contributed by atoms with Crippen LogP contribution in [0.25, 0.3) is 0 Å². The van der Waals surface area contributed by atoms with Crippen molar-refractivity contribution in [2.24, 2.45) is 0 Å². The van der Waals surface area contributed by atoms with Crippen LogP contribution in [0, 0.1) is 24.7 Å². The van der Waals surface area contributed by atoms with E-state index in [-0.39, 0.29) is 46.5 Å². The third-order valence-corrected chi connectivity index (χ3v) is 4.27. The van der Waals surface area contributed by atoms with Crippen molar-refractivity contribution in [3.63, 3.8) is 0 Å². The van der Waals surface area contributed by atoms with E-state index in [2.05, 4.69) is 22.5 Å². The van der Waals surface area contributed by atoms with E-state index in [0.717, 1.165) is 0 Å². The van der Waals surface area contributed by atoms with Gasteiger partial charge in [0.2, 0.25) is 0 Å². The Morgan fingerprint density at radius 3 is 1.50 bits per heavy atom. The SMILES string of the molecule is C#Cc1cccc(C(=O)Nc2cc(NC(=O)c3cccc(C#C)c3)cc(C(=O)[O-])c2)c1.[Na+]. The number of nitrogens with one attached hydrogen (secondary N) is 2. The number of carboxylic acids is 1. The predicted octanol–water partition coefficient (Wildman–Crippen LogP) is -0.479. The Morgan fingerprint density at radius 2 is 1.12 bits per heavy atom. The van der Waals surface area contributed by atoms with Gasteiger partial charge in [0.1, 0.15) is 0 Å². The molecule has 0 spiro atoms. The fourth-order valence-corrected chi connectivity index (χ4v) is 2.80. The first-order valence-corrected chi connectivity index (χ1v) is 9.02. The zero-order valence-corrected chi connectivity index (χ0v) is 19.1. The number of carbonyl (C=O) groups is 3. The summed E-state index contributed by atoms with van der Waals surface area (Å²) in [5.74, 6) is 2.43. The number of anilines is 2. The second-order valence-corrected chi connectivity index (χ2v) is 6.45. The van der Waals surface area contributed by atoms with Gasteiger partial charge in [-0.25, -0.2) is 0 Å². The number of hydrogen-bond donors (Lipinski definition) is 2. The van der Waals surface area contributed by atoms with Crippen molar-refractivity contribution in [2.45, 2.75) is 0 Å². The molecule has 0 atom stereocenters. The summed E-state index contributed by atoms with van der Waals surface area (Å²) in [4.78, 5) is 36.5. The van der Waals surface area contributed by atoms with Crippen molar-refractivity contribution in [1.29, 1.82) is 0 Å². The first kappa shape index (κ1) is 24.5. The number of rotatable bonds is 5. The quantitative estimate of drug-likeness (QED) is 0.422. The van der Waals surface area contributed by atoms with Crippen LogP contribution in [0.5, 0.6) is 0 Å². The van der Waals surface area contributed by atoms with Crippen LogP contribution >= 0.6 is 0 Å². The fraction of sp³-hybridized carbons (Fsp3) is 0. The number of aromatic carboxylic acids is 1. The number of terminal acetylenes is 2. The van der Waals surface area contributed by atoms with Gasteiger partial charge in [0.05, 0.1) is 5.97 Å². The number of amides is 2. The van der Waals surface area contributed by atoms with E-state index in [1.54, 1.807) is 36.4 Å². The molecule has 2 amide bonds. The van der Waals surface area contributed by atoms with Crippen LogP contribution in [0.15, 0.2) is 66.7 Å². The van der Waals surface area contributed by atoms with E-state index < -0.39 is 17.8 Å². The molecule has 0 aliphatic heterocycles. The van der Waals surface area contributed by atoms with Crippen molar-refractivity contribution >= 4 is 29.2 Å². The molecule has 3 aromatic rings. The number of benzene rings is 3. The minimum atomic E-state index is -1.46. The fourth-order valence-electron chi connectivity index (χ4n) is 2.80. The average molecular weight is 430 g/mol. The van der Waals surface area contributed by atoms with Crippen molar-refractivity contribution in [3.05, 3.63) is 94.5 Å². The Hall–Kier alpha value is -3.81. The Bertz CT molecular complexity index is 1200. The zero-order chi connectivity index (χ0) is 22.4. The molecule has 0 radical (unpaired) electrons. The summed E-state index contributed by atoms with van der Waals surface area (Å²) >= 11 is 0. The zero-order valence-electron chi connectivity index (χ0n) is 17.1. The van der Waals surface area contributed by atoms with Gasteiger partial charge < -0.3 is 20.5 Å². The molecule has 150 valence electrons. The van der Waals surface area contributed by atoms with E-state index in [9.17, 15) is 19.5 Å². The van der Waals surface area contributed by atoms with Crippen LogP contribution in [-0.2, 0) is 0 Å². The molecule has 0 aliphatic carbocycles. The molecule has 2 N–H and O–H groups in total. The molecular formula is C25H15N2NaO4. The molecule has 0 saturated carbocycles. The van der Waals surface area contributed by atoms with E-state index >= 15 is 0 Å². The first-order valence-electron chi connectivity index (χ1n) is 9.02. The predicted molar refractivity (Wildman–Crippen MR) is 115 cm³/mol. The van der Waals surface area contributed by atoms with Crippen LogP contribution in [0.1, 0.15) is 42.2 Å². The number of carboxylic acid groups (broad SMARTS) is 1. The Balaban J connectivity index is 0.00000363. The monoisotopic (exact) mass is 430 g/mol. The third-order valence-electron chi connectivity index (χ3n) is 4.27. The standard InChI is InChI=1S/C25H16N2O4.Na/c1-3-16-7-5-9-18(11-16)23(28)26-21-13-20(25(30)31)14-22(15-21)27-24(29)19-10-6-8-17(4-2)12-19;/h1-2,5-15H,(H,26,28)(H,27,29)(H,30,31);/q;+1/p-1. The normalized spacial score (nSPS) is 9.44. The maximum absolute atomic E-state index is 12.5. The van der Waals surface area contributed by atoms with Crippen LogP contribution in [-0.4, -0.2) is 17.8 Å². The molecule has 3 rings (SSSR count). The van der Waals surface area contributed by atoms with Gasteiger partial charge in [-0.1, -0.05) is 24.0 Å². The molecule has 0 unspecified atom stereocenters. The van der Waals surface area contributed by atoms with Gasteiger partial charge in [-0.05, 0) is 54.6 Å². The molecule has 6 nitrogen and oxygen atoms in total. The molecule has 7 heteroatoms. The molecular weight excluding hydrogens is 415 g/mol. The van der Waals surface area contributed by atoms with Crippen molar-refractivity contribution in [1.82, 2.24) is 0 Å². The van der Waals surface area contributed by atoms with E-state index in [4.69, 9.17) is 12.8 Å². The van der Waals surface area contributed by atoms with Crippen LogP contribution in [0.3, 0.4) is 0 Å². The first-order chi connectivity index (χ1) is 14.9. The molecule has 3 aromatic carbocycles. The number of hydrogen-bond acceptors (Lipinski definition) is 4. The summed E-state index contributed by atoms with van der Waals surface area (Å²) in [5, 5.41) is 16.6. The van der Waals surface area contributed by atoms with E-state index in [0.29, 0.717) is 22.3 Å². The Kier molecular flexibility index (Phi) is 8.40. The van der Waals surface area contributed by atoms with E-state index in [1.807, 2.05) is 0 Å². The van der Waals surface area contributed by atoms with Crippen LogP contribution < -0.4 is 45.3 Å². The minimum absolute atomic E-state index is 0. The Labute approximate surface area is 207 Å². The van der Waals surface area contributed by atoms with E-state index in [1.165, 1.54) is 30.3 Å². The van der Waals surface area contributed by atoms with Gasteiger partial charge in [0, 0.05) is 39.2 Å². The maximum Gasteiger partial charge on any atom is 1.00 e. The second-order valence-electron chi connectivity index (χ2n) is 6.45. The minimum Gasteiger partial charge on any atom is -0.545 e. The maximum atomic E-state index is 12.5.